The Bertz CT molecular complexity index is 419. The average Bonchev–Trinajstić information content (AvgIpc) is 2.26. The van der Waals surface area contributed by atoms with Gasteiger partial charge in [-0.25, -0.2) is 0 Å². The van der Waals surface area contributed by atoms with Gasteiger partial charge >= 0.3 is 0 Å². The van der Waals surface area contributed by atoms with E-state index in [-0.39, 0.29) is 24.3 Å². The molecule has 0 saturated carbocycles. The molecule has 18 heavy (non-hydrogen) atoms. The lowest BCUT2D eigenvalue weighted by molar-refractivity contribution is -0.121. The van der Waals surface area contributed by atoms with Gasteiger partial charge in [0.2, 0.25) is 5.91 Å². The van der Waals surface area contributed by atoms with E-state index in [9.17, 15) is 4.79 Å². The molecule has 0 aliphatic heterocycles. The van der Waals surface area contributed by atoms with Gasteiger partial charge < -0.3 is 10.4 Å². The highest BCUT2D eigenvalue weighted by Crippen LogP contribution is 2.24. The van der Waals surface area contributed by atoms with Gasteiger partial charge in [-0.1, -0.05) is 39.0 Å². The second kappa shape index (κ2) is 6.01. The van der Waals surface area contributed by atoms with Crippen LogP contribution in [0.5, 0.6) is 0 Å². The first-order chi connectivity index (χ1) is 8.34. The number of hydrogen-bond donors (Lipinski definition) is 2. The number of aryl methyl sites for hydroxylation is 1. The first-order valence-electron chi connectivity index (χ1n) is 6.32. The molecule has 3 heteroatoms. The van der Waals surface area contributed by atoms with Crippen molar-refractivity contribution in [2.24, 2.45) is 0 Å². The summed E-state index contributed by atoms with van der Waals surface area (Å²) in [4.78, 5) is 11.3. The first kappa shape index (κ1) is 14.7. The molecule has 1 aromatic rings. The minimum Gasteiger partial charge on any atom is -0.396 e. The van der Waals surface area contributed by atoms with Gasteiger partial charge in [0.25, 0.3) is 0 Å². The normalized spacial score (nSPS) is 11.4. The zero-order valence-electron chi connectivity index (χ0n) is 11.7. The molecule has 1 amide bonds. The van der Waals surface area contributed by atoms with Crippen molar-refractivity contribution in [1.82, 2.24) is 5.32 Å². The van der Waals surface area contributed by atoms with E-state index in [0.29, 0.717) is 6.54 Å². The van der Waals surface area contributed by atoms with Crippen molar-refractivity contribution in [1.29, 1.82) is 0 Å². The van der Waals surface area contributed by atoms with Crippen molar-refractivity contribution in [3.8, 4) is 0 Å². The number of benzene rings is 1. The molecule has 1 aromatic carbocycles. The Morgan fingerprint density at radius 3 is 2.50 bits per heavy atom. The maximum absolute atomic E-state index is 11.3. The van der Waals surface area contributed by atoms with Crippen LogP contribution in [0.4, 0.5) is 0 Å². The van der Waals surface area contributed by atoms with Gasteiger partial charge in [0.1, 0.15) is 0 Å². The number of nitrogens with one attached hydrogen (secondary N) is 1. The van der Waals surface area contributed by atoms with E-state index in [1.807, 2.05) is 0 Å². The molecule has 3 nitrogen and oxygen atoms in total. The van der Waals surface area contributed by atoms with Crippen LogP contribution in [-0.4, -0.2) is 17.6 Å². The lowest BCUT2D eigenvalue weighted by Crippen LogP contribution is -2.24. The van der Waals surface area contributed by atoms with Crippen LogP contribution in [0, 0.1) is 6.92 Å². The van der Waals surface area contributed by atoms with E-state index in [1.54, 1.807) is 0 Å². The zero-order valence-corrected chi connectivity index (χ0v) is 11.7. The highest BCUT2D eigenvalue weighted by molar-refractivity contribution is 5.75. The lowest BCUT2D eigenvalue weighted by Gasteiger charge is -2.20. The second-order valence-corrected chi connectivity index (χ2v) is 5.64. The number of aliphatic hydroxyl groups is 1. The summed E-state index contributed by atoms with van der Waals surface area (Å²) in [6.45, 7) is 9.03. The Morgan fingerprint density at radius 1 is 1.33 bits per heavy atom. The van der Waals surface area contributed by atoms with E-state index in [0.717, 1.165) is 5.56 Å². The van der Waals surface area contributed by atoms with Crippen molar-refractivity contribution in [2.75, 3.05) is 6.61 Å². The molecule has 1 rings (SSSR count). The zero-order chi connectivity index (χ0) is 13.8. The van der Waals surface area contributed by atoms with Gasteiger partial charge in [-0.2, -0.15) is 0 Å². The molecule has 0 saturated heterocycles. The number of aliphatic hydroxyl groups excluding tert-OH is 1. The topological polar surface area (TPSA) is 49.3 Å². The number of hydrogen-bond acceptors (Lipinski definition) is 2. The first-order valence-corrected chi connectivity index (χ1v) is 6.32. The maximum Gasteiger partial charge on any atom is 0.222 e. The fourth-order valence-electron chi connectivity index (χ4n) is 1.74. The predicted molar refractivity (Wildman–Crippen MR) is 73.4 cm³/mol. The number of carbonyl (C=O) groups is 1. The molecule has 0 aliphatic carbocycles. The van der Waals surface area contributed by atoms with Gasteiger partial charge in [-0.15, -0.1) is 0 Å². The highest BCUT2D eigenvalue weighted by Gasteiger charge is 2.14. The molecule has 0 aliphatic rings. The van der Waals surface area contributed by atoms with Crippen LogP contribution in [0.25, 0.3) is 0 Å². The van der Waals surface area contributed by atoms with Gasteiger partial charge in [-0.3, -0.25) is 4.79 Å². The monoisotopic (exact) mass is 249 g/mol. The number of rotatable bonds is 4. The Morgan fingerprint density at radius 2 is 2.00 bits per heavy atom. The summed E-state index contributed by atoms with van der Waals surface area (Å²) >= 11 is 0. The van der Waals surface area contributed by atoms with E-state index in [4.69, 9.17) is 5.11 Å². The Hall–Kier alpha value is -1.35. The molecule has 0 radical (unpaired) electrons. The molecular formula is C15H23NO2. The third-order valence-electron chi connectivity index (χ3n) is 3.02. The van der Waals surface area contributed by atoms with Crippen LogP contribution in [0.3, 0.4) is 0 Å². The van der Waals surface area contributed by atoms with E-state index in [2.05, 4.69) is 51.2 Å². The Balaban J connectivity index is 2.72. The fourth-order valence-corrected chi connectivity index (χ4v) is 1.74. The van der Waals surface area contributed by atoms with Gasteiger partial charge in [0, 0.05) is 13.0 Å². The van der Waals surface area contributed by atoms with Crippen LogP contribution < -0.4 is 5.32 Å². The number of amides is 1. The van der Waals surface area contributed by atoms with Crippen molar-refractivity contribution in [3.05, 3.63) is 34.9 Å². The van der Waals surface area contributed by atoms with E-state index in [1.165, 1.54) is 11.1 Å². The van der Waals surface area contributed by atoms with Gasteiger partial charge in [-0.05, 0) is 29.0 Å². The Kier molecular flexibility index (Phi) is 4.91. The quantitative estimate of drug-likeness (QED) is 0.860. The average molecular weight is 249 g/mol. The smallest absolute Gasteiger partial charge is 0.222 e. The molecular weight excluding hydrogens is 226 g/mol. The van der Waals surface area contributed by atoms with Crippen molar-refractivity contribution < 1.29 is 9.90 Å². The largest absolute Gasteiger partial charge is 0.396 e. The summed E-state index contributed by atoms with van der Waals surface area (Å²) in [5.41, 5.74) is 3.75. The summed E-state index contributed by atoms with van der Waals surface area (Å²) in [6, 6.07) is 6.35. The molecule has 2 N–H and O–H groups in total. The summed E-state index contributed by atoms with van der Waals surface area (Å²) in [6.07, 6.45) is 0.166. The van der Waals surface area contributed by atoms with E-state index >= 15 is 0 Å². The van der Waals surface area contributed by atoms with Crippen LogP contribution in [0.15, 0.2) is 18.2 Å². The summed E-state index contributed by atoms with van der Waals surface area (Å²) in [5.74, 6) is -0.114. The molecule has 0 aromatic heterocycles. The predicted octanol–water partition coefficient (Wildman–Crippen LogP) is 2.29. The van der Waals surface area contributed by atoms with Crippen molar-refractivity contribution in [3.63, 3.8) is 0 Å². The SMILES string of the molecule is Cc1cc(C(C)(C)C)ccc1CNC(=O)CCO. The minimum absolute atomic E-state index is 0.103. The van der Waals surface area contributed by atoms with E-state index < -0.39 is 0 Å². The third-order valence-corrected chi connectivity index (χ3v) is 3.02. The standard InChI is InChI=1S/C15H23NO2/c1-11-9-13(15(2,3)4)6-5-12(11)10-16-14(18)7-8-17/h5-6,9,17H,7-8,10H2,1-4H3,(H,16,18). The van der Waals surface area contributed by atoms with Crippen LogP contribution in [0.1, 0.15) is 43.9 Å². The summed E-state index contributed by atoms with van der Waals surface area (Å²) in [7, 11) is 0. The van der Waals surface area contributed by atoms with Crippen molar-refractivity contribution >= 4 is 5.91 Å². The molecule has 0 bridgehead atoms. The summed E-state index contributed by atoms with van der Waals surface area (Å²) in [5, 5.41) is 11.5. The lowest BCUT2D eigenvalue weighted by atomic mass is 9.85. The second-order valence-electron chi connectivity index (χ2n) is 5.64. The molecule has 0 heterocycles. The Labute approximate surface area is 109 Å². The van der Waals surface area contributed by atoms with Crippen LogP contribution >= 0.6 is 0 Å². The maximum atomic E-state index is 11.3. The molecule has 0 spiro atoms. The van der Waals surface area contributed by atoms with Gasteiger partial charge in [0.15, 0.2) is 0 Å². The molecule has 0 fully saturated rings. The fraction of sp³-hybridized carbons (Fsp3) is 0.533. The third kappa shape index (κ3) is 4.15. The van der Waals surface area contributed by atoms with Crippen LogP contribution in [0.2, 0.25) is 0 Å². The molecule has 0 unspecified atom stereocenters. The van der Waals surface area contributed by atoms with Crippen molar-refractivity contribution in [2.45, 2.75) is 46.1 Å². The molecule has 0 atom stereocenters. The summed E-state index contributed by atoms with van der Waals surface area (Å²) < 4.78 is 0. The van der Waals surface area contributed by atoms with Gasteiger partial charge in [0.05, 0.1) is 6.61 Å². The minimum atomic E-state index is -0.114. The number of carbonyl (C=O) groups excluding carboxylic acids is 1. The van der Waals surface area contributed by atoms with Crippen LogP contribution in [-0.2, 0) is 16.8 Å². The highest BCUT2D eigenvalue weighted by atomic mass is 16.3. The molecule has 100 valence electrons.